The van der Waals surface area contributed by atoms with E-state index in [1.165, 1.54) is 19.3 Å². The number of H-pyrrole nitrogens is 1. The largest absolute Gasteiger partial charge is 0.348 e. The normalized spacial score (nSPS) is 34.5. The first-order valence-electron chi connectivity index (χ1n) is 7.66. The van der Waals surface area contributed by atoms with Crippen molar-refractivity contribution >= 4 is 5.78 Å². The van der Waals surface area contributed by atoms with Crippen LogP contribution in [-0.2, 0) is 11.2 Å². The molecule has 2 bridgehead atoms. The van der Waals surface area contributed by atoms with Gasteiger partial charge in [-0.3, -0.25) is 4.79 Å². The van der Waals surface area contributed by atoms with Crippen LogP contribution >= 0.6 is 0 Å². The van der Waals surface area contributed by atoms with Crippen LogP contribution in [0.1, 0.15) is 45.7 Å². The summed E-state index contributed by atoms with van der Waals surface area (Å²) >= 11 is 0. The number of Topliss-reactive ketones (excluding diaryl/α,β-unsaturated/α-hetero) is 1. The lowest BCUT2D eigenvalue weighted by Gasteiger charge is -2.39. The maximum absolute atomic E-state index is 12.0. The van der Waals surface area contributed by atoms with Crippen LogP contribution in [0.25, 0.3) is 0 Å². The number of hydrogen-bond donors (Lipinski definition) is 2. The molecule has 2 aliphatic carbocycles. The van der Waals surface area contributed by atoms with Gasteiger partial charge >= 0.3 is 0 Å². The SMILES string of the molecule is CC1(C)C2CCC1(C)[C@@H](NCC(=O)Cc1cnc[nH]1)C2. The number of nitrogens with one attached hydrogen (secondary N) is 2. The van der Waals surface area contributed by atoms with Crippen LogP contribution in [0.15, 0.2) is 12.5 Å². The van der Waals surface area contributed by atoms with E-state index in [0.717, 1.165) is 11.6 Å². The maximum Gasteiger partial charge on any atom is 0.152 e. The number of imidazole rings is 1. The smallest absolute Gasteiger partial charge is 0.152 e. The summed E-state index contributed by atoms with van der Waals surface area (Å²) in [7, 11) is 0. The highest BCUT2D eigenvalue weighted by atomic mass is 16.1. The molecule has 2 fully saturated rings. The van der Waals surface area contributed by atoms with Crippen molar-refractivity contribution in [1.82, 2.24) is 15.3 Å². The third-order valence-corrected chi connectivity index (χ3v) is 6.28. The zero-order valence-corrected chi connectivity index (χ0v) is 12.7. The van der Waals surface area contributed by atoms with E-state index in [9.17, 15) is 4.79 Å². The molecule has 4 heteroatoms. The van der Waals surface area contributed by atoms with Gasteiger partial charge < -0.3 is 10.3 Å². The molecule has 1 heterocycles. The zero-order valence-electron chi connectivity index (χ0n) is 12.7. The Morgan fingerprint density at radius 2 is 2.30 bits per heavy atom. The van der Waals surface area contributed by atoms with Crippen LogP contribution in [0, 0.1) is 16.7 Å². The van der Waals surface area contributed by atoms with Gasteiger partial charge in [0.1, 0.15) is 0 Å². The minimum atomic E-state index is 0.235. The Morgan fingerprint density at radius 3 is 2.85 bits per heavy atom. The Kier molecular flexibility index (Phi) is 3.24. The van der Waals surface area contributed by atoms with Crippen molar-refractivity contribution < 1.29 is 4.79 Å². The minimum Gasteiger partial charge on any atom is -0.348 e. The molecule has 0 aromatic carbocycles. The molecule has 20 heavy (non-hydrogen) atoms. The van der Waals surface area contributed by atoms with E-state index < -0.39 is 0 Å². The number of ketones is 1. The Morgan fingerprint density at radius 1 is 1.50 bits per heavy atom. The fraction of sp³-hybridized carbons (Fsp3) is 0.750. The van der Waals surface area contributed by atoms with Crippen molar-refractivity contribution in [1.29, 1.82) is 0 Å². The average molecular weight is 275 g/mol. The maximum atomic E-state index is 12.0. The molecule has 0 saturated heterocycles. The van der Waals surface area contributed by atoms with Crippen LogP contribution in [-0.4, -0.2) is 28.3 Å². The minimum absolute atomic E-state index is 0.235. The molecule has 1 aromatic rings. The first-order chi connectivity index (χ1) is 9.43. The second-order valence-electron chi connectivity index (χ2n) is 7.34. The Hall–Kier alpha value is -1.16. The molecule has 2 unspecified atom stereocenters. The van der Waals surface area contributed by atoms with Crippen molar-refractivity contribution in [3.8, 4) is 0 Å². The summed E-state index contributed by atoms with van der Waals surface area (Å²) in [6.45, 7) is 7.68. The molecule has 2 N–H and O–H groups in total. The molecule has 4 nitrogen and oxygen atoms in total. The molecule has 2 saturated carbocycles. The summed E-state index contributed by atoms with van der Waals surface area (Å²) < 4.78 is 0. The molecule has 2 aliphatic rings. The number of fused-ring (bicyclic) bond motifs is 2. The van der Waals surface area contributed by atoms with Crippen LogP contribution in [0.3, 0.4) is 0 Å². The number of carbonyl (C=O) groups excluding carboxylic acids is 1. The Bertz CT molecular complexity index is 494. The van der Waals surface area contributed by atoms with Crippen LogP contribution in [0.5, 0.6) is 0 Å². The third-order valence-electron chi connectivity index (χ3n) is 6.28. The van der Waals surface area contributed by atoms with Gasteiger partial charge in [0.25, 0.3) is 0 Å². The zero-order chi connectivity index (χ0) is 14.4. The Labute approximate surface area is 120 Å². The van der Waals surface area contributed by atoms with Crippen molar-refractivity contribution in [3.63, 3.8) is 0 Å². The summed E-state index contributed by atoms with van der Waals surface area (Å²) in [5, 5.41) is 3.54. The fourth-order valence-electron chi connectivity index (χ4n) is 4.41. The van der Waals surface area contributed by atoms with Crippen molar-refractivity contribution in [2.24, 2.45) is 16.7 Å². The molecule has 1 aromatic heterocycles. The standard InChI is InChI=1S/C16H25N3O/c1-15(2)11-4-5-16(15,3)14(6-11)18-9-13(20)7-12-8-17-10-19-12/h8,10-11,14,18H,4-7,9H2,1-3H3,(H,17,19)/t11?,14-,16?/m0/s1. The lowest BCUT2D eigenvalue weighted by atomic mass is 9.69. The predicted octanol–water partition coefficient (Wildman–Crippen LogP) is 2.33. The van der Waals surface area contributed by atoms with Gasteiger partial charge in [-0.15, -0.1) is 0 Å². The number of rotatable bonds is 5. The van der Waals surface area contributed by atoms with Gasteiger partial charge in [0, 0.05) is 24.4 Å². The first-order valence-corrected chi connectivity index (χ1v) is 7.66. The van der Waals surface area contributed by atoms with Crippen molar-refractivity contribution in [2.75, 3.05) is 6.54 Å². The summed E-state index contributed by atoms with van der Waals surface area (Å²) in [6.07, 6.45) is 7.65. The van der Waals surface area contributed by atoms with Crippen LogP contribution in [0.2, 0.25) is 0 Å². The quantitative estimate of drug-likeness (QED) is 0.867. The lowest BCUT2D eigenvalue weighted by Crippen LogP contribution is -2.46. The second kappa shape index (κ2) is 4.69. The van der Waals surface area contributed by atoms with E-state index in [-0.39, 0.29) is 5.78 Å². The predicted molar refractivity (Wildman–Crippen MR) is 78.3 cm³/mol. The summed E-state index contributed by atoms with van der Waals surface area (Å²) in [6, 6.07) is 0.488. The monoisotopic (exact) mass is 275 g/mol. The molecule has 0 amide bonds. The van der Waals surface area contributed by atoms with Gasteiger partial charge in [-0.2, -0.15) is 0 Å². The number of aromatic amines is 1. The molecule has 3 atom stereocenters. The first kappa shape index (κ1) is 13.8. The second-order valence-corrected chi connectivity index (χ2v) is 7.34. The van der Waals surface area contributed by atoms with Gasteiger partial charge in [0.05, 0.1) is 12.9 Å². The van der Waals surface area contributed by atoms with E-state index in [1.54, 1.807) is 12.5 Å². The summed E-state index contributed by atoms with van der Waals surface area (Å²) in [5.41, 5.74) is 1.64. The molecular formula is C16H25N3O. The van der Waals surface area contributed by atoms with Crippen molar-refractivity contribution in [3.05, 3.63) is 18.2 Å². The average Bonchev–Trinajstić information content (AvgIpc) is 3.01. The van der Waals surface area contributed by atoms with E-state index in [4.69, 9.17) is 0 Å². The highest BCUT2D eigenvalue weighted by Gasteiger charge is 2.60. The molecular weight excluding hydrogens is 250 g/mol. The van der Waals surface area contributed by atoms with Crippen LogP contribution < -0.4 is 5.32 Å². The lowest BCUT2D eigenvalue weighted by molar-refractivity contribution is -0.118. The van der Waals surface area contributed by atoms with Crippen molar-refractivity contribution in [2.45, 2.75) is 52.5 Å². The van der Waals surface area contributed by atoms with E-state index in [2.05, 4.69) is 36.1 Å². The number of aromatic nitrogens is 2. The molecule has 0 radical (unpaired) electrons. The third kappa shape index (κ3) is 2.01. The molecule has 110 valence electrons. The van der Waals surface area contributed by atoms with Gasteiger partial charge in [-0.25, -0.2) is 4.98 Å². The summed E-state index contributed by atoms with van der Waals surface area (Å²) in [5.74, 6) is 1.05. The highest BCUT2D eigenvalue weighted by molar-refractivity contribution is 5.82. The Balaban J connectivity index is 1.56. The van der Waals surface area contributed by atoms with Gasteiger partial charge in [-0.05, 0) is 36.0 Å². The topological polar surface area (TPSA) is 57.8 Å². The molecule has 3 rings (SSSR count). The van der Waals surface area contributed by atoms with Gasteiger partial charge in [0.15, 0.2) is 5.78 Å². The fourth-order valence-corrected chi connectivity index (χ4v) is 4.41. The number of carbonyl (C=O) groups is 1. The number of nitrogens with zero attached hydrogens (tertiary/aromatic N) is 1. The van der Waals surface area contributed by atoms with E-state index in [1.807, 2.05) is 0 Å². The van der Waals surface area contributed by atoms with E-state index >= 15 is 0 Å². The highest BCUT2D eigenvalue weighted by Crippen LogP contribution is 2.65. The summed E-state index contributed by atoms with van der Waals surface area (Å²) in [4.78, 5) is 19.0. The van der Waals surface area contributed by atoms with E-state index in [0.29, 0.717) is 29.8 Å². The molecule has 0 spiro atoms. The molecule has 0 aliphatic heterocycles. The van der Waals surface area contributed by atoms with Gasteiger partial charge in [-0.1, -0.05) is 20.8 Å². The van der Waals surface area contributed by atoms with Crippen LogP contribution in [0.4, 0.5) is 0 Å². The number of hydrogen-bond acceptors (Lipinski definition) is 3. The van der Waals surface area contributed by atoms with Gasteiger partial charge in [0.2, 0.25) is 0 Å².